The van der Waals surface area contributed by atoms with Crippen LogP contribution in [0, 0.1) is 0 Å². The Morgan fingerprint density at radius 3 is 2.55 bits per heavy atom. The number of amides is 2. The zero-order valence-corrected chi connectivity index (χ0v) is 19.2. The van der Waals surface area contributed by atoms with Gasteiger partial charge in [0.05, 0.1) is 19.8 Å². The molecule has 3 aliphatic heterocycles. The number of hydrogen-bond acceptors (Lipinski definition) is 6. The monoisotopic (exact) mass is 450 g/mol. The number of carbonyl (C=O) groups is 1. The maximum Gasteiger partial charge on any atom is 0.320 e. The van der Waals surface area contributed by atoms with Crippen LogP contribution in [-0.2, 0) is 0 Å². The van der Waals surface area contributed by atoms with E-state index in [1.165, 1.54) is 6.42 Å². The average Bonchev–Trinajstić information content (AvgIpc) is 3.26. The van der Waals surface area contributed by atoms with Crippen molar-refractivity contribution < 1.29 is 14.3 Å². The molecule has 3 N–H and O–H groups in total. The molecule has 2 aromatic heterocycles. The first-order valence-electron chi connectivity index (χ1n) is 11.3. The first-order chi connectivity index (χ1) is 16.1. The van der Waals surface area contributed by atoms with Gasteiger partial charge in [-0.3, -0.25) is 15.1 Å². The van der Waals surface area contributed by atoms with Crippen LogP contribution in [0.1, 0.15) is 6.42 Å². The number of anilines is 1. The van der Waals surface area contributed by atoms with Crippen LogP contribution in [0.5, 0.6) is 11.5 Å². The van der Waals surface area contributed by atoms with Gasteiger partial charge in [0.25, 0.3) is 0 Å². The third-order valence-corrected chi connectivity index (χ3v) is 6.82. The number of fused-ring (bicyclic) bond motifs is 3. The van der Waals surface area contributed by atoms with Crippen LogP contribution in [0.15, 0.2) is 36.5 Å². The Bertz CT molecular complexity index is 1130. The van der Waals surface area contributed by atoms with Crippen LogP contribution in [0.2, 0.25) is 0 Å². The maximum atomic E-state index is 12.4. The largest absolute Gasteiger partial charge is 0.496 e. The van der Waals surface area contributed by atoms with Gasteiger partial charge in [0, 0.05) is 55.4 Å². The molecule has 9 heteroatoms. The number of methoxy groups -OCH3 is 2. The van der Waals surface area contributed by atoms with Crippen molar-refractivity contribution in [2.75, 3.05) is 52.8 Å². The summed E-state index contributed by atoms with van der Waals surface area (Å²) in [6.07, 6.45) is 3.18. The number of urea groups is 1. The van der Waals surface area contributed by atoms with E-state index in [0.29, 0.717) is 30.1 Å². The van der Waals surface area contributed by atoms with Gasteiger partial charge in [0.15, 0.2) is 0 Å². The number of hydrogen-bond donors (Lipinski definition) is 3. The molecule has 9 nitrogen and oxygen atoms in total. The minimum Gasteiger partial charge on any atom is -0.496 e. The molecular formula is C24H30N6O3. The second-order valence-electron chi connectivity index (χ2n) is 8.68. The summed E-state index contributed by atoms with van der Waals surface area (Å²) in [5.41, 5.74) is 2.45. The molecule has 0 spiro atoms. The van der Waals surface area contributed by atoms with Crippen LogP contribution >= 0.6 is 0 Å². The van der Waals surface area contributed by atoms with Gasteiger partial charge in [-0.25, -0.2) is 9.78 Å². The Labute approximate surface area is 193 Å². The molecule has 3 fully saturated rings. The minimum atomic E-state index is -0.251. The zero-order valence-electron chi connectivity index (χ0n) is 19.2. The molecule has 6 rings (SSSR count). The number of aromatic nitrogens is 2. The van der Waals surface area contributed by atoms with Gasteiger partial charge in [0.2, 0.25) is 0 Å². The molecule has 0 saturated carbocycles. The Hall–Kier alpha value is -3.30. The molecular weight excluding hydrogens is 420 g/mol. The minimum absolute atomic E-state index is 0.251. The highest BCUT2D eigenvalue weighted by atomic mass is 16.5. The summed E-state index contributed by atoms with van der Waals surface area (Å²) in [4.78, 5) is 25.0. The van der Waals surface area contributed by atoms with Crippen LogP contribution in [0.25, 0.3) is 22.2 Å². The highest BCUT2D eigenvalue weighted by molar-refractivity contribution is 5.98. The lowest BCUT2D eigenvalue weighted by Gasteiger charge is -2.55. The Kier molecular flexibility index (Phi) is 5.82. The Morgan fingerprint density at radius 1 is 1.15 bits per heavy atom. The average molecular weight is 451 g/mol. The number of H-pyrrole nitrogens is 1. The summed E-state index contributed by atoms with van der Waals surface area (Å²) in [7, 11) is 5.47. The first kappa shape index (κ1) is 21.5. The summed E-state index contributed by atoms with van der Waals surface area (Å²) in [6.45, 7) is 3.64. The predicted octanol–water partition coefficient (Wildman–Crippen LogP) is 2.76. The lowest BCUT2D eigenvalue weighted by Crippen LogP contribution is -2.67. The molecule has 3 aromatic rings. The summed E-state index contributed by atoms with van der Waals surface area (Å²) in [5, 5.41) is 6.69. The van der Waals surface area contributed by atoms with E-state index in [4.69, 9.17) is 9.47 Å². The molecule has 174 valence electrons. The van der Waals surface area contributed by atoms with E-state index in [1.807, 2.05) is 30.5 Å². The van der Waals surface area contributed by atoms with Gasteiger partial charge in [-0.2, -0.15) is 0 Å². The number of pyridine rings is 1. The van der Waals surface area contributed by atoms with Gasteiger partial charge in [-0.05, 0) is 37.7 Å². The number of likely N-dealkylation sites (N-methyl/N-ethyl adjacent to an activating group) is 1. The smallest absolute Gasteiger partial charge is 0.320 e. The van der Waals surface area contributed by atoms with Crippen LogP contribution in [0.4, 0.5) is 10.6 Å². The summed E-state index contributed by atoms with van der Waals surface area (Å²) in [6, 6.07) is 10.5. The second-order valence-corrected chi connectivity index (χ2v) is 8.68. The molecule has 33 heavy (non-hydrogen) atoms. The van der Waals surface area contributed by atoms with Crippen molar-refractivity contribution in [3.05, 3.63) is 36.5 Å². The standard InChI is InChI=1S/C24H30N6O3/c1-29-15-11-16(29)14-30(13-15)10-9-25-24(31)28-21-8-7-17-18(12-26-23(17)27-21)22-19(32-2)5-4-6-20(22)33-3/h4-8,12,15-16H,9-11,13-14H2,1-3H3,(H3,25,26,27,28,31). The Balaban J connectivity index is 1.22. The van der Waals surface area contributed by atoms with Crippen molar-refractivity contribution in [3.63, 3.8) is 0 Å². The molecule has 2 atom stereocenters. The quantitative estimate of drug-likeness (QED) is 0.513. The van der Waals surface area contributed by atoms with Crippen molar-refractivity contribution in [1.29, 1.82) is 0 Å². The van der Waals surface area contributed by atoms with Crippen molar-refractivity contribution in [2.24, 2.45) is 0 Å². The van der Waals surface area contributed by atoms with Gasteiger partial charge in [-0.15, -0.1) is 0 Å². The topological polar surface area (TPSA) is 94.8 Å². The predicted molar refractivity (Wildman–Crippen MR) is 128 cm³/mol. The highest BCUT2D eigenvalue weighted by Crippen LogP contribution is 2.41. The van der Waals surface area contributed by atoms with E-state index < -0.39 is 0 Å². The number of nitrogens with one attached hydrogen (secondary N) is 3. The van der Waals surface area contributed by atoms with Crippen molar-refractivity contribution in [1.82, 2.24) is 25.1 Å². The third-order valence-electron chi connectivity index (χ3n) is 6.82. The van der Waals surface area contributed by atoms with Crippen LogP contribution in [0.3, 0.4) is 0 Å². The van der Waals surface area contributed by atoms with E-state index in [0.717, 1.165) is 47.6 Å². The fraction of sp³-hybridized carbons (Fsp3) is 0.417. The third kappa shape index (κ3) is 4.09. The summed E-state index contributed by atoms with van der Waals surface area (Å²) >= 11 is 0. The van der Waals surface area contributed by atoms with Gasteiger partial charge in [-0.1, -0.05) is 6.07 Å². The number of nitrogens with zero attached hydrogens (tertiary/aromatic N) is 3. The zero-order chi connectivity index (χ0) is 22.9. The lowest BCUT2D eigenvalue weighted by molar-refractivity contribution is -0.0493. The fourth-order valence-electron chi connectivity index (χ4n) is 4.95. The normalized spacial score (nSPS) is 20.3. The van der Waals surface area contributed by atoms with E-state index in [-0.39, 0.29) is 6.03 Å². The first-order valence-corrected chi connectivity index (χ1v) is 11.3. The van der Waals surface area contributed by atoms with Gasteiger partial charge >= 0.3 is 6.03 Å². The van der Waals surface area contributed by atoms with E-state index >= 15 is 0 Å². The number of aromatic amines is 1. The SMILES string of the molecule is COc1cccc(OC)c1-c1c[nH]c2nc(NC(=O)NCCN3CC4CC(C3)N4C)ccc12. The molecule has 5 heterocycles. The number of piperidine rings is 1. The van der Waals surface area contributed by atoms with Gasteiger partial charge < -0.3 is 19.8 Å². The molecule has 2 unspecified atom stereocenters. The Morgan fingerprint density at radius 2 is 1.88 bits per heavy atom. The molecule has 0 aliphatic carbocycles. The molecule has 2 amide bonds. The number of rotatable bonds is 7. The molecule has 3 saturated heterocycles. The maximum absolute atomic E-state index is 12.4. The van der Waals surface area contributed by atoms with Crippen LogP contribution < -0.4 is 20.1 Å². The molecule has 1 aromatic carbocycles. The molecule has 2 bridgehead atoms. The number of ether oxygens (including phenoxy) is 2. The van der Waals surface area contributed by atoms with E-state index in [9.17, 15) is 4.79 Å². The van der Waals surface area contributed by atoms with Crippen LogP contribution in [-0.4, -0.2) is 85.3 Å². The van der Waals surface area contributed by atoms with Crippen molar-refractivity contribution in [2.45, 2.75) is 18.5 Å². The highest BCUT2D eigenvalue weighted by Gasteiger charge is 2.41. The van der Waals surface area contributed by atoms with Gasteiger partial charge in [0.1, 0.15) is 23.0 Å². The second kappa shape index (κ2) is 8.92. The van der Waals surface area contributed by atoms with E-state index in [2.05, 4.69) is 37.4 Å². The number of benzene rings is 1. The summed E-state index contributed by atoms with van der Waals surface area (Å²) in [5.74, 6) is 1.92. The molecule has 0 radical (unpaired) electrons. The number of carbonyl (C=O) groups excluding carboxylic acids is 1. The van der Waals surface area contributed by atoms with Crippen molar-refractivity contribution in [3.8, 4) is 22.6 Å². The van der Waals surface area contributed by atoms with E-state index in [1.54, 1.807) is 20.3 Å². The fourth-order valence-corrected chi connectivity index (χ4v) is 4.95. The molecule has 3 aliphatic rings. The lowest BCUT2D eigenvalue weighted by atomic mass is 9.88. The summed E-state index contributed by atoms with van der Waals surface area (Å²) < 4.78 is 11.1. The van der Waals surface area contributed by atoms with Crippen molar-refractivity contribution >= 4 is 22.9 Å². The number of piperazine rings is 1.